The van der Waals surface area contributed by atoms with Crippen LogP contribution in [0.2, 0.25) is 0 Å². The molecule has 9 unspecified atom stereocenters. The summed E-state index contributed by atoms with van der Waals surface area (Å²) in [4.78, 5) is 26.3. The Morgan fingerprint density at radius 3 is 2.23 bits per heavy atom. The summed E-state index contributed by atoms with van der Waals surface area (Å²) in [7, 11) is 0. The fourth-order valence-electron chi connectivity index (χ4n) is 8.94. The number of esters is 1. The first kappa shape index (κ1) is 26.8. The van der Waals surface area contributed by atoms with Crippen LogP contribution in [0.25, 0.3) is 0 Å². The van der Waals surface area contributed by atoms with Gasteiger partial charge >= 0.3 is 5.97 Å². The summed E-state index contributed by atoms with van der Waals surface area (Å²) in [5, 5.41) is 33.7. The van der Waals surface area contributed by atoms with Crippen molar-refractivity contribution < 1.29 is 29.6 Å². The van der Waals surface area contributed by atoms with E-state index in [4.69, 9.17) is 4.74 Å². The van der Waals surface area contributed by atoms with Gasteiger partial charge in [-0.15, -0.1) is 0 Å². The highest BCUT2D eigenvalue weighted by molar-refractivity contribution is 5.92. The third-order valence-electron chi connectivity index (χ3n) is 11.2. The van der Waals surface area contributed by atoms with Gasteiger partial charge in [-0.1, -0.05) is 52.7 Å². The van der Waals surface area contributed by atoms with Crippen LogP contribution in [0.3, 0.4) is 0 Å². The second-order valence-corrected chi connectivity index (χ2v) is 13.6. The van der Waals surface area contributed by atoms with Gasteiger partial charge in [0, 0.05) is 18.3 Å². The van der Waals surface area contributed by atoms with Crippen molar-refractivity contribution in [2.45, 2.75) is 118 Å². The summed E-state index contributed by atoms with van der Waals surface area (Å²) in [5.41, 5.74) is -0.0778. The zero-order valence-corrected chi connectivity index (χ0v) is 22.9. The lowest BCUT2D eigenvalue weighted by atomic mass is 9.42. The standard InChI is InChI=1S/C29H46O6/c1-15(2)13-22(32)35-23-24(33)26(4,5)20-10-9-18-17(28(20,7)25(23)34)11-12-27(6)19(16(3)30)14-21(31)29(18,27)8/h15-16,19-20,23-25,30,33-34H,9-14H2,1-8H3. The molecular weight excluding hydrogens is 444 g/mol. The number of fused-ring (bicyclic) bond motifs is 4. The Bertz CT molecular complexity index is 933. The lowest BCUT2D eigenvalue weighted by Gasteiger charge is -2.64. The highest BCUT2D eigenvalue weighted by Gasteiger charge is 2.69. The predicted molar refractivity (Wildman–Crippen MR) is 133 cm³/mol. The fourth-order valence-corrected chi connectivity index (χ4v) is 8.94. The van der Waals surface area contributed by atoms with Crippen LogP contribution in [-0.4, -0.2) is 51.5 Å². The van der Waals surface area contributed by atoms with Gasteiger partial charge in [0.05, 0.1) is 17.6 Å². The number of rotatable bonds is 4. The first-order valence-corrected chi connectivity index (χ1v) is 13.5. The lowest BCUT2D eigenvalue weighted by Crippen LogP contribution is -2.67. The van der Waals surface area contributed by atoms with E-state index in [2.05, 4.69) is 20.8 Å². The number of carbonyl (C=O) groups excluding carboxylic acids is 2. The molecule has 0 aromatic rings. The van der Waals surface area contributed by atoms with Gasteiger partial charge in [0.15, 0.2) is 6.10 Å². The number of hydrogen-bond acceptors (Lipinski definition) is 6. The Hall–Kier alpha value is -1.24. The normalized spacial score (nSPS) is 45.6. The second-order valence-electron chi connectivity index (χ2n) is 13.6. The van der Waals surface area contributed by atoms with Crippen LogP contribution in [-0.2, 0) is 14.3 Å². The summed E-state index contributed by atoms with van der Waals surface area (Å²) in [6, 6.07) is 0. The maximum atomic E-state index is 13.6. The van der Waals surface area contributed by atoms with Crippen LogP contribution in [0, 0.1) is 39.4 Å². The third kappa shape index (κ3) is 3.45. The lowest BCUT2D eigenvalue weighted by molar-refractivity contribution is -0.231. The topological polar surface area (TPSA) is 104 Å². The largest absolute Gasteiger partial charge is 0.457 e. The summed E-state index contributed by atoms with van der Waals surface area (Å²) >= 11 is 0. The van der Waals surface area contributed by atoms with Crippen LogP contribution in [0.4, 0.5) is 0 Å². The van der Waals surface area contributed by atoms with Crippen molar-refractivity contribution in [3.63, 3.8) is 0 Å². The molecule has 6 nitrogen and oxygen atoms in total. The van der Waals surface area contributed by atoms with E-state index in [0.29, 0.717) is 6.42 Å². The van der Waals surface area contributed by atoms with E-state index >= 15 is 0 Å². The fraction of sp³-hybridized carbons (Fsp3) is 0.862. The summed E-state index contributed by atoms with van der Waals surface area (Å²) < 4.78 is 5.80. The Balaban J connectivity index is 1.82. The molecule has 4 rings (SSSR count). The van der Waals surface area contributed by atoms with Crippen molar-refractivity contribution in [3.8, 4) is 0 Å². The number of carbonyl (C=O) groups is 2. The molecule has 0 spiro atoms. The second kappa shape index (κ2) is 8.39. The first-order chi connectivity index (χ1) is 16.0. The number of Topliss-reactive ketones (excluding diaryl/α,β-unsaturated/α-hetero) is 1. The average molecular weight is 491 g/mol. The number of hydrogen-bond donors (Lipinski definition) is 3. The van der Waals surface area contributed by atoms with Gasteiger partial charge in [-0.05, 0) is 68.1 Å². The van der Waals surface area contributed by atoms with Crippen molar-refractivity contribution in [2.24, 2.45) is 39.4 Å². The van der Waals surface area contributed by atoms with Gasteiger partial charge in [0.25, 0.3) is 0 Å². The minimum atomic E-state index is -1.06. The molecule has 4 aliphatic carbocycles. The minimum absolute atomic E-state index is 0.0178. The molecule has 0 radical (unpaired) electrons. The van der Waals surface area contributed by atoms with E-state index in [1.165, 1.54) is 0 Å². The van der Waals surface area contributed by atoms with Crippen LogP contribution >= 0.6 is 0 Å². The summed E-state index contributed by atoms with van der Waals surface area (Å²) in [6.45, 7) is 16.0. The Labute approximate surface area is 210 Å². The molecule has 4 aliphatic rings. The van der Waals surface area contributed by atoms with Gasteiger partial charge in [-0.3, -0.25) is 9.59 Å². The Morgan fingerprint density at radius 1 is 1.03 bits per heavy atom. The SMILES string of the molecule is CC(C)CC(=O)OC1C(O)C(C)(C)C2CCC3=C(CCC4(C)C(C(C)O)CC(=O)C34C)C2(C)C1O. The highest BCUT2D eigenvalue weighted by Crippen LogP contribution is 2.71. The van der Waals surface area contributed by atoms with E-state index in [0.717, 1.165) is 36.8 Å². The van der Waals surface area contributed by atoms with Crippen LogP contribution in [0.5, 0.6) is 0 Å². The maximum Gasteiger partial charge on any atom is 0.306 e. The molecule has 0 heterocycles. The van der Waals surface area contributed by atoms with Crippen LogP contribution < -0.4 is 0 Å². The molecule has 6 heteroatoms. The smallest absolute Gasteiger partial charge is 0.306 e. The molecule has 35 heavy (non-hydrogen) atoms. The van der Waals surface area contributed by atoms with E-state index in [1.54, 1.807) is 6.92 Å². The van der Waals surface area contributed by atoms with Crippen molar-refractivity contribution in [1.82, 2.24) is 0 Å². The number of ketones is 1. The van der Waals surface area contributed by atoms with Gasteiger partial charge in [0.1, 0.15) is 11.9 Å². The van der Waals surface area contributed by atoms with Gasteiger partial charge in [0.2, 0.25) is 0 Å². The zero-order valence-electron chi connectivity index (χ0n) is 22.9. The molecule has 2 saturated carbocycles. The molecule has 0 aromatic heterocycles. The molecule has 0 bridgehead atoms. The molecule has 3 N–H and O–H groups in total. The Morgan fingerprint density at radius 2 is 1.66 bits per heavy atom. The monoisotopic (exact) mass is 490 g/mol. The minimum Gasteiger partial charge on any atom is -0.457 e. The zero-order chi connectivity index (χ0) is 26.3. The quantitative estimate of drug-likeness (QED) is 0.403. The van der Waals surface area contributed by atoms with Gasteiger partial charge in [-0.25, -0.2) is 0 Å². The van der Waals surface area contributed by atoms with Crippen molar-refractivity contribution in [2.75, 3.05) is 0 Å². The molecule has 0 amide bonds. The van der Waals surface area contributed by atoms with Crippen molar-refractivity contribution >= 4 is 11.8 Å². The van der Waals surface area contributed by atoms with Gasteiger partial charge in [-0.2, -0.15) is 0 Å². The molecule has 198 valence electrons. The number of aliphatic hydroxyl groups excluding tert-OH is 3. The van der Waals surface area contributed by atoms with Gasteiger partial charge < -0.3 is 20.1 Å². The Kier molecular flexibility index (Phi) is 6.43. The summed E-state index contributed by atoms with van der Waals surface area (Å²) in [5.74, 6) is -0.203. The van der Waals surface area contributed by atoms with E-state index in [-0.39, 0.29) is 35.4 Å². The highest BCUT2D eigenvalue weighted by atomic mass is 16.6. The number of allylic oxidation sites excluding steroid dienone is 1. The predicted octanol–water partition coefficient (Wildman–Crippen LogP) is 4.20. The van der Waals surface area contributed by atoms with Crippen LogP contribution in [0.1, 0.15) is 93.9 Å². The summed E-state index contributed by atoms with van der Waals surface area (Å²) in [6.07, 6.45) is -0.00347. The average Bonchev–Trinajstić information content (AvgIpc) is 2.96. The third-order valence-corrected chi connectivity index (χ3v) is 11.2. The van der Waals surface area contributed by atoms with E-state index in [1.807, 2.05) is 27.7 Å². The molecule has 0 aliphatic heterocycles. The molecule has 0 saturated heterocycles. The molecule has 9 atom stereocenters. The number of aliphatic hydroxyl groups is 3. The van der Waals surface area contributed by atoms with Crippen LogP contribution in [0.15, 0.2) is 11.1 Å². The first-order valence-electron chi connectivity index (χ1n) is 13.5. The molecule has 2 fully saturated rings. The van der Waals surface area contributed by atoms with Crippen molar-refractivity contribution in [3.05, 3.63) is 11.1 Å². The van der Waals surface area contributed by atoms with E-state index < -0.39 is 46.6 Å². The van der Waals surface area contributed by atoms with E-state index in [9.17, 15) is 24.9 Å². The molecule has 0 aromatic carbocycles. The molecular formula is C29H46O6. The maximum absolute atomic E-state index is 13.6. The van der Waals surface area contributed by atoms with Crippen molar-refractivity contribution in [1.29, 1.82) is 0 Å². The number of ether oxygens (including phenoxy) is 1.